The minimum absolute atomic E-state index is 0.000731. The van der Waals surface area contributed by atoms with E-state index in [0.717, 1.165) is 4.90 Å². The molecule has 9 nitrogen and oxygen atoms in total. The summed E-state index contributed by atoms with van der Waals surface area (Å²) in [4.78, 5) is 49.1. The fraction of sp³-hybridized carbons (Fsp3) is 0.438. The number of rotatable bonds is 4. The first-order valence-electron chi connectivity index (χ1n) is 7.96. The maximum absolute atomic E-state index is 12.7. The third-order valence-electron chi connectivity index (χ3n) is 4.74. The molecule has 2 aliphatic rings. The summed E-state index contributed by atoms with van der Waals surface area (Å²) in [7, 11) is 0. The van der Waals surface area contributed by atoms with Gasteiger partial charge in [-0.05, 0) is 32.0 Å². The molecule has 2 fully saturated rings. The molecule has 0 radical (unpaired) electrons. The SMILES string of the molecule is O=C(O)C1CCN(C2CC(=O)N(c3cccc([N+](=O)[O-])c3)C2=O)CC1. The molecule has 1 aromatic carbocycles. The van der Waals surface area contributed by atoms with Crippen molar-refractivity contribution in [2.75, 3.05) is 18.0 Å². The first-order chi connectivity index (χ1) is 11.9. The lowest BCUT2D eigenvalue weighted by atomic mass is 9.96. The number of carboxylic acids is 1. The Bertz CT molecular complexity index is 741. The van der Waals surface area contributed by atoms with Crippen LogP contribution in [-0.2, 0) is 14.4 Å². The molecule has 132 valence electrons. The standard InChI is InChI=1S/C16H17N3O6/c20-14-9-13(17-6-4-10(5-7-17)16(22)23)15(21)18(14)11-2-1-3-12(8-11)19(24)25/h1-3,8,10,13H,4-7,9H2,(H,22,23). The van der Waals surface area contributed by atoms with Gasteiger partial charge in [0.2, 0.25) is 5.91 Å². The lowest BCUT2D eigenvalue weighted by Gasteiger charge is -2.33. The number of carbonyl (C=O) groups is 3. The molecule has 1 unspecified atom stereocenters. The van der Waals surface area contributed by atoms with Gasteiger partial charge in [-0.2, -0.15) is 0 Å². The summed E-state index contributed by atoms with van der Waals surface area (Å²) in [5.74, 6) is -2.09. The largest absolute Gasteiger partial charge is 0.481 e. The van der Waals surface area contributed by atoms with E-state index >= 15 is 0 Å². The van der Waals surface area contributed by atoms with Gasteiger partial charge in [0.15, 0.2) is 0 Å². The molecule has 0 saturated carbocycles. The van der Waals surface area contributed by atoms with Gasteiger partial charge >= 0.3 is 5.97 Å². The third-order valence-corrected chi connectivity index (χ3v) is 4.74. The molecule has 0 spiro atoms. The van der Waals surface area contributed by atoms with E-state index in [1.54, 1.807) is 0 Å². The number of piperidine rings is 1. The van der Waals surface area contributed by atoms with Crippen LogP contribution in [0.25, 0.3) is 0 Å². The van der Waals surface area contributed by atoms with Gasteiger partial charge in [0.1, 0.15) is 0 Å². The van der Waals surface area contributed by atoms with E-state index in [0.29, 0.717) is 25.9 Å². The third kappa shape index (κ3) is 3.22. The van der Waals surface area contributed by atoms with Crippen LogP contribution >= 0.6 is 0 Å². The Morgan fingerprint density at radius 2 is 1.92 bits per heavy atom. The summed E-state index contributed by atoms with van der Waals surface area (Å²) in [6, 6.07) is 4.78. The molecule has 1 N–H and O–H groups in total. The molecule has 2 heterocycles. The van der Waals surface area contributed by atoms with Crippen molar-refractivity contribution in [3.05, 3.63) is 34.4 Å². The molecule has 1 aromatic rings. The number of hydrogen-bond donors (Lipinski definition) is 1. The van der Waals surface area contributed by atoms with Crippen LogP contribution in [0.1, 0.15) is 19.3 Å². The zero-order valence-corrected chi connectivity index (χ0v) is 13.3. The predicted octanol–water partition coefficient (Wildman–Crippen LogP) is 1.02. The van der Waals surface area contributed by atoms with Crippen molar-refractivity contribution in [3.8, 4) is 0 Å². The number of nitrogens with zero attached hydrogens (tertiary/aromatic N) is 3. The molecular weight excluding hydrogens is 330 g/mol. The molecule has 2 amide bonds. The minimum Gasteiger partial charge on any atom is -0.481 e. The Kier molecular flexibility index (Phi) is 4.49. The lowest BCUT2D eigenvalue weighted by Crippen LogP contribution is -2.46. The number of nitro benzene ring substituents is 1. The average Bonchev–Trinajstić information content (AvgIpc) is 2.89. The number of likely N-dealkylation sites (tertiary alicyclic amines) is 1. The van der Waals surface area contributed by atoms with E-state index in [9.17, 15) is 24.5 Å². The Hall–Kier alpha value is -2.81. The second-order valence-electron chi connectivity index (χ2n) is 6.21. The summed E-state index contributed by atoms with van der Waals surface area (Å²) in [5, 5.41) is 19.9. The average molecular weight is 347 g/mol. The highest BCUT2D eigenvalue weighted by Gasteiger charge is 2.44. The van der Waals surface area contributed by atoms with Gasteiger partial charge in [-0.25, -0.2) is 4.90 Å². The van der Waals surface area contributed by atoms with E-state index in [1.807, 2.05) is 4.90 Å². The number of aliphatic carboxylic acids is 1. The number of anilines is 1. The molecule has 2 saturated heterocycles. The number of amides is 2. The van der Waals surface area contributed by atoms with E-state index in [4.69, 9.17) is 5.11 Å². The number of nitro groups is 1. The van der Waals surface area contributed by atoms with Gasteiger partial charge in [0, 0.05) is 12.1 Å². The highest BCUT2D eigenvalue weighted by atomic mass is 16.6. The molecule has 9 heteroatoms. The second kappa shape index (κ2) is 6.60. The van der Waals surface area contributed by atoms with Crippen LogP contribution in [0, 0.1) is 16.0 Å². The van der Waals surface area contributed by atoms with Crippen LogP contribution in [0.2, 0.25) is 0 Å². The maximum atomic E-state index is 12.7. The van der Waals surface area contributed by atoms with Gasteiger partial charge in [0.05, 0.1) is 29.0 Å². The molecule has 0 aliphatic carbocycles. The fourth-order valence-corrected chi connectivity index (χ4v) is 3.38. The summed E-state index contributed by atoms with van der Waals surface area (Å²) >= 11 is 0. The summed E-state index contributed by atoms with van der Waals surface area (Å²) in [6.45, 7) is 0.868. The second-order valence-corrected chi connectivity index (χ2v) is 6.21. The minimum atomic E-state index is -0.841. The van der Waals surface area contributed by atoms with Gasteiger partial charge in [0.25, 0.3) is 11.6 Å². The number of carboxylic acid groups (broad SMARTS) is 1. The van der Waals surface area contributed by atoms with Gasteiger partial charge in [-0.1, -0.05) is 6.07 Å². The van der Waals surface area contributed by atoms with Crippen molar-refractivity contribution in [2.24, 2.45) is 5.92 Å². The number of imide groups is 1. The number of benzene rings is 1. The molecule has 0 bridgehead atoms. The van der Waals surface area contributed by atoms with Crippen molar-refractivity contribution < 1.29 is 24.4 Å². The van der Waals surface area contributed by atoms with Crippen LogP contribution < -0.4 is 4.90 Å². The van der Waals surface area contributed by atoms with E-state index in [1.165, 1.54) is 24.3 Å². The fourth-order valence-electron chi connectivity index (χ4n) is 3.38. The molecule has 2 aliphatic heterocycles. The Balaban J connectivity index is 1.76. The van der Waals surface area contributed by atoms with E-state index in [2.05, 4.69) is 0 Å². The van der Waals surface area contributed by atoms with E-state index < -0.39 is 34.7 Å². The number of hydrogen-bond acceptors (Lipinski definition) is 6. The summed E-state index contributed by atoms with van der Waals surface area (Å²) in [6.07, 6.45) is 0.869. The van der Waals surface area contributed by atoms with Crippen molar-refractivity contribution in [1.82, 2.24) is 4.90 Å². The van der Waals surface area contributed by atoms with Crippen molar-refractivity contribution in [2.45, 2.75) is 25.3 Å². The van der Waals surface area contributed by atoms with Gasteiger partial charge < -0.3 is 5.11 Å². The maximum Gasteiger partial charge on any atom is 0.306 e. The zero-order valence-electron chi connectivity index (χ0n) is 13.3. The van der Waals surface area contributed by atoms with Gasteiger partial charge in [-0.15, -0.1) is 0 Å². The molecule has 25 heavy (non-hydrogen) atoms. The smallest absolute Gasteiger partial charge is 0.306 e. The highest BCUT2D eigenvalue weighted by molar-refractivity contribution is 6.22. The first-order valence-corrected chi connectivity index (χ1v) is 7.96. The molecule has 0 aromatic heterocycles. The van der Waals surface area contributed by atoms with Crippen molar-refractivity contribution in [3.63, 3.8) is 0 Å². The quantitative estimate of drug-likeness (QED) is 0.490. The number of carbonyl (C=O) groups excluding carboxylic acids is 2. The topological polar surface area (TPSA) is 121 Å². The Morgan fingerprint density at radius 1 is 1.24 bits per heavy atom. The Labute approximate surface area is 143 Å². The monoisotopic (exact) mass is 347 g/mol. The Morgan fingerprint density at radius 3 is 2.52 bits per heavy atom. The van der Waals surface area contributed by atoms with Gasteiger partial charge in [-0.3, -0.25) is 29.4 Å². The normalized spacial score (nSPS) is 22.4. The number of non-ortho nitro benzene ring substituents is 1. The predicted molar refractivity (Wildman–Crippen MR) is 85.9 cm³/mol. The molecule has 1 atom stereocenters. The van der Waals surface area contributed by atoms with Crippen LogP contribution in [0.4, 0.5) is 11.4 Å². The van der Waals surface area contributed by atoms with Crippen molar-refractivity contribution >= 4 is 29.2 Å². The first kappa shape index (κ1) is 17.0. The zero-order chi connectivity index (χ0) is 18.1. The summed E-state index contributed by atoms with van der Waals surface area (Å²) < 4.78 is 0. The van der Waals surface area contributed by atoms with Crippen LogP contribution in [-0.4, -0.2) is 51.8 Å². The van der Waals surface area contributed by atoms with Crippen LogP contribution in [0.15, 0.2) is 24.3 Å². The van der Waals surface area contributed by atoms with Crippen LogP contribution in [0.3, 0.4) is 0 Å². The highest BCUT2D eigenvalue weighted by Crippen LogP contribution is 2.30. The van der Waals surface area contributed by atoms with Crippen molar-refractivity contribution in [1.29, 1.82) is 0 Å². The van der Waals surface area contributed by atoms with E-state index in [-0.39, 0.29) is 17.8 Å². The molecule has 3 rings (SSSR count). The molecular formula is C16H17N3O6. The van der Waals surface area contributed by atoms with Crippen LogP contribution in [0.5, 0.6) is 0 Å². The lowest BCUT2D eigenvalue weighted by molar-refractivity contribution is -0.384. The summed E-state index contributed by atoms with van der Waals surface area (Å²) in [5.41, 5.74) is -0.00376.